The van der Waals surface area contributed by atoms with E-state index in [4.69, 9.17) is 0 Å². The van der Waals surface area contributed by atoms with Crippen LogP contribution in [0.25, 0.3) is 5.52 Å². The van der Waals surface area contributed by atoms with Gasteiger partial charge in [-0.2, -0.15) is 5.10 Å². The number of nitrogens with zero attached hydrogens (tertiary/aromatic N) is 2. The van der Waals surface area contributed by atoms with Crippen LogP contribution in [0.3, 0.4) is 0 Å². The Kier molecular flexibility index (Phi) is 3.11. The predicted octanol–water partition coefficient (Wildman–Crippen LogP) is 3.00. The van der Waals surface area contributed by atoms with Crippen LogP contribution < -0.4 is 0 Å². The lowest BCUT2D eigenvalue weighted by atomic mass is 9.95. The molecule has 96 valence electrons. The first kappa shape index (κ1) is 12.6. The molecule has 0 aliphatic heterocycles. The summed E-state index contributed by atoms with van der Waals surface area (Å²) in [4.78, 5) is 12.3. The van der Waals surface area contributed by atoms with Gasteiger partial charge in [-0.1, -0.05) is 27.7 Å². The van der Waals surface area contributed by atoms with E-state index in [0.29, 0.717) is 11.1 Å². The number of aromatic nitrogens is 2. The third kappa shape index (κ3) is 1.98. The fourth-order valence-corrected chi connectivity index (χ4v) is 2.00. The Balaban J connectivity index is 2.76. The molecule has 2 heterocycles. The van der Waals surface area contributed by atoms with Gasteiger partial charge in [-0.25, -0.2) is 4.52 Å². The lowest BCUT2D eigenvalue weighted by Gasteiger charge is -2.07. The van der Waals surface area contributed by atoms with Crippen LogP contribution in [0.5, 0.6) is 5.75 Å². The molecule has 0 aliphatic rings. The minimum Gasteiger partial charge on any atom is -0.508 e. The molecule has 2 rings (SSSR count). The van der Waals surface area contributed by atoms with Crippen molar-refractivity contribution in [1.82, 2.24) is 9.61 Å². The van der Waals surface area contributed by atoms with Crippen molar-refractivity contribution in [3.05, 3.63) is 29.6 Å². The summed E-state index contributed by atoms with van der Waals surface area (Å²) in [7, 11) is 0. The summed E-state index contributed by atoms with van der Waals surface area (Å²) >= 11 is 0. The zero-order valence-electron chi connectivity index (χ0n) is 11.1. The van der Waals surface area contributed by atoms with Crippen molar-refractivity contribution in [1.29, 1.82) is 0 Å². The molecule has 0 radical (unpaired) electrons. The van der Waals surface area contributed by atoms with Crippen molar-refractivity contribution >= 4 is 11.3 Å². The molecule has 18 heavy (non-hydrogen) atoms. The lowest BCUT2D eigenvalue weighted by molar-refractivity contribution is 0.0939. The third-order valence-electron chi connectivity index (χ3n) is 2.96. The molecular formula is C14H18N2O2. The Hall–Kier alpha value is -1.84. The van der Waals surface area contributed by atoms with E-state index >= 15 is 0 Å². The smallest absolute Gasteiger partial charge is 0.169 e. The van der Waals surface area contributed by atoms with Crippen molar-refractivity contribution in [3.63, 3.8) is 0 Å². The molecule has 4 nitrogen and oxygen atoms in total. The number of carbonyl (C=O) groups excluding carboxylic acids is 1. The number of Topliss-reactive ketones (excluding diaryl/α,β-unsaturated/α-hetero) is 1. The molecule has 0 atom stereocenters. The molecule has 0 unspecified atom stereocenters. The fraction of sp³-hybridized carbons (Fsp3) is 0.429. The first-order valence-corrected chi connectivity index (χ1v) is 6.17. The number of carbonyl (C=O) groups is 1. The quantitative estimate of drug-likeness (QED) is 0.847. The maximum absolute atomic E-state index is 12.3. The number of hydrogen-bond donors (Lipinski definition) is 1. The summed E-state index contributed by atoms with van der Waals surface area (Å²) in [5.41, 5.74) is 2.10. The maximum Gasteiger partial charge on any atom is 0.169 e. The number of hydrogen-bond acceptors (Lipinski definition) is 3. The van der Waals surface area contributed by atoms with Crippen LogP contribution in [0.15, 0.2) is 18.3 Å². The molecule has 4 heteroatoms. The van der Waals surface area contributed by atoms with E-state index in [0.717, 1.165) is 5.69 Å². The molecule has 0 amide bonds. The van der Waals surface area contributed by atoms with Crippen LogP contribution in [-0.4, -0.2) is 20.5 Å². The third-order valence-corrected chi connectivity index (χ3v) is 2.96. The van der Waals surface area contributed by atoms with Crippen LogP contribution >= 0.6 is 0 Å². The lowest BCUT2D eigenvalue weighted by Crippen LogP contribution is -2.10. The summed E-state index contributed by atoms with van der Waals surface area (Å²) in [6.07, 6.45) is 1.67. The Morgan fingerprint density at radius 1 is 1.33 bits per heavy atom. The molecule has 2 aromatic rings. The van der Waals surface area contributed by atoms with E-state index in [-0.39, 0.29) is 23.4 Å². The Labute approximate surface area is 106 Å². The van der Waals surface area contributed by atoms with Crippen LogP contribution in [0, 0.1) is 5.92 Å². The number of pyridine rings is 1. The second-order valence-electron chi connectivity index (χ2n) is 5.15. The molecule has 0 aromatic carbocycles. The molecule has 0 saturated heterocycles. The van der Waals surface area contributed by atoms with Gasteiger partial charge in [0.15, 0.2) is 5.78 Å². The van der Waals surface area contributed by atoms with E-state index in [9.17, 15) is 9.90 Å². The second kappa shape index (κ2) is 4.44. The van der Waals surface area contributed by atoms with Gasteiger partial charge >= 0.3 is 0 Å². The zero-order chi connectivity index (χ0) is 13.4. The standard InChI is InChI=1S/C14H18N2O2/c1-8(2)13-12(14(18)9(3)4)11-7-10(17)5-6-16(11)15-13/h5-9,17H,1-4H3. The molecular weight excluding hydrogens is 228 g/mol. The molecule has 0 aliphatic carbocycles. The fourth-order valence-electron chi connectivity index (χ4n) is 2.00. The first-order valence-electron chi connectivity index (χ1n) is 6.17. The summed E-state index contributed by atoms with van der Waals surface area (Å²) in [5, 5.41) is 14.0. The van der Waals surface area contributed by atoms with Crippen LogP contribution in [-0.2, 0) is 0 Å². The van der Waals surface area contributed by atoms with E-state index in [1.807, 2.05) is 27.7 Å². The highest BCUT2D eigenvalue weighted by Crippen LogP contribution is 2.27. The van der Waals surface area contributed by atoms with E-state index < -0.39 is 0 Å². The van der Waals surface area contributed by atoms with E-state index in [2.05, 4.69) is 5.10 Å². The van der Waals surface area contributed by atoms with E-state index in [1.54, 1.807) is 22.8 Å². The normalized spacial score (nSPS) is 11.7. The number of fused-ring (bicyclic) bond motifs is 1. The van der Waals surface area contributed by atoms with Crippen LogP contribution in [0.1, 0.15) is 49.7 Å². The highest BCUT2D eigenvalue weighted by Gasteiger charge is 2.23. The maximum atomic E-state index is 12.3. The van der Waals surface area contributed by atoms with Crippen molar-refractivity contribution in [2.75, 3.05) is 0 Å². The van der Waals surface area contributed by atoms with Crippen LogP contribution in [0.2, 0.25) is 0 Å². The zero-order valence-corrected chi connectivity index (χ0v) is 11.1. The highest BCUT2D eigenvalue weighted by atomic mass is 16.3. The average Bonchev–Trinajstić information content (AvgIpc) is 2.66. The highest BCUT2D eigenvalue weighted by molar-refractivity contribution is 6.04. The van der Waals surface area contributed by atoms with Gasteiger partial charge in [0, 0.05) is 18.2 Å². The van der Waals surface area contributed by atoms with Gasteiger partial charge in [0.1, 0.15) is 5.75 Å². The minimum absolute atomic E-state index is 0.0688. The Morgan fingerprint density at radius 3 is 2.56 bits per heavy atom. The number of aromatic hydroxyl groups is 1. The van der Waals surface area contributed by atoms with Crippen molar-refractivity contribution in [2.24, 2.45) is 5.92 Å². The number of rotatable bonds is 3. The van der Waals surface area contributed by atoms with Gasteiger partial charge in [-0.15, -0.1) is 0 Å². The Morgan fingerprint density at radius 2 is 2.00 bits per heavy atom. The largest absolute Gasteiger partial charge is 0.508 e. The summed E-state index contributed by atoms with van der Waals surface area (Å²) in [5.74, 6) is 0.303. The van der Waals surface area contributed by atoms with E-state index in [1.165, 1.54) is 0 Å². The molecule has 0 fully saturated rings. The second-order valence-corrected chi connectivity index (χ2v) is 5.15. The van der Waals surface area contributed by atoms with Crippen molar-refractivity contribution in [2.45, 2.75) is 33.6 Å². The van der Waals surface area contributed by atoms with Gasteiger partial charge in [0.25, 0.3) is 0 Å². The minimum atomic E-state index is -0.0853. The number of ketones is 1. The van der Waals surface area contributed by atoms with Crippen molar-refractivity contribution < 1.29 is 9.90 Å². The summed E-state index contributed by atoms with van der Waals surface area (Å²) < 4.78 is 1.66. The summed E-state index contributed by atoms with van der Waals surface area (Å²) in [6, 6.07) is 3.15. The van der Waals surface area contributed by atoms with Crippen LogP contribution in [0.4, 0.5) is 0 Å². The average molecular weight is 246 g/mol. The van der Waals surface area contributed by atoms with Gasteiger partial charge in [0.05, 0.1) is 16.8 Å². The Bertz CT molecular complexity index is 597. The van der Waals surface area contributed by atoms with Gasteiger partial charge in [0.2, 0.25) is 0 Å². The molecule has 0 bridgehead atoms. The molecule has 2 aromatic heterocycles. The van der Waals surface area contributed by atoms with Gasteiger partial charge in [-0.05, 0) is 12.0 Å². The topological polar surface area (TPSA) is 54.6 Å². The monoisotopic (exact) mass is 246 g/mol. The van der Waals surface area contributed by atoms with Gasteiger partial charge < -0.3 is 5.11 Å². The van der Waals surface area contributed by atoms with Crippen molar-refractivity contribution in [3.8, 4) is 5.75 Å². The molecule has 0 saturated carbocycles. The summed E-state index contributed by atoms with van der Waals surface area (Å²) in [6.45, 7) is 7.77. The SMILES string of the molecule is CC(C)C(=O)c1c(C(C)C)nn2ccc(O)cc12. The molecule has 1 N–H and O–H groups in total. The first-order chi connectivity index (χ1) is 8.41. The van der Waals surface area contributed by atoms with Gasteiger partial charge in [-0.3, -0.25) is 4.79 Å². The molecule has 0 spiro atoms. The predicted molar refractivity (Wildman–Crippen MR) is 70.1 cm³/mol.